The summed E-state index contributed by atoms with van der Waals surface area (Å²) in [5.74, 6) is 0. The molecule has 2 aliphatic rings. The van der Waals surface area contributed by atoms with Crippen LogP contribution in [0.3, 0.4) is 0 Å². The molecule has 0 saturated heterocycles. The van der Waals surface area contributed by atoms with Crippen molar-refractivity contribution in [2.45, 2.75) is 74.7 Å². The van der Waals surface area contributed by atoms with Crippen LogP contribution in [0.4, 0.5) is 0 Å². The Hall–Kier alpha value is -0.100. The van der Waals surface area contributed by atoms with Gasteiger partial charge in [-0.25, -0.2) is 16.8 Å². The van der Waals surface area contributed by atoms with E-state index in [0.29, 0.717) is 25.7 Å². The summed E-state index contributed by atoms with van der Waals surface area (Å²) >= 11 is 0. The van der Waals surface area contributed by atoms with Crippen molar-refractivity contribution in [1.82, 2.24) is 0 Å². The Kier molecular flexibility index (Phi) is 4.36. The Bertz CT molecular complexity index is 420. The third kappa shape index (κ3) is 2.59. The lowest BCUT2D eigenvalue weighted by Gasteiger charge is -2.26. The molecule has 0 heterocycles. The lowest BCUT2D eigenvalue weighted by Crippen LogP contribution is -2.37. The van der Waals surface area contributed by atoms with Crippen molar-refractivity contribution in [3.63, 3.8) is 0 Å². The van der Waals surface area contributed by atoms with Crippen LogP contribution in [0, 0.1) is 0 Å². The second kappa shape index (κ2) is 5.49. The van der Waals surface area contributed by atoms with Gasteiger partial charge in [-0.15, -0.1) is 0 Å². The van der Waals surface area contributed by atoms with Gasteiger partial charge < -0.3 is 0 Å². The molecule has 0 atom stereocenters. The number of rotatable bonds is 3. The molecule has 0 aliphatic heterocycles. The molecular weight excluding hydrogens is 272 g/mol. The van der Waals surface area contributed by atoms with E-state index in [-0.39, 0.29) is 0 Å². The summed E-state index contributed by atoms with van der Waals surface area (Å²) in [4.78, 5) is 0. The first-order chi connectivity index (χ1) is 8.46. The normalized spacial score (nSPS) is 25.1. The van der Waals surface area contributed by atoms with E-state index in [1.165, 1.54) is 0 Å². The fourth-order valence-corrected chi connectivity index (χ4v) is 9.10. The van der Waals surface area contributed by atoms with Crippen LogP contribution in [0.2, 0.25) is 0 Å². The molecule has 0 spiro atoms. The Morgan fingerprint density at radius 2 is 0.778 bits per heavy atom. The first kappa shape index (κ1) is 14.3. The largest absolute Gasteiger partial charge is 0.256 e. The van der Waals surface area contributed by atoms with Crippen LogP contribution in [0.15, 0.2) is 0 Å². The molecule has 2 saturated carbocycles. The molecule has 0 N–H and O–H groups in total. The lowest BCUT2D eigenvalue weighted by molar-refractivity contribution is 0.475. The standard InChI is InChI=1S/C12H22O4S2/c13-17(14,11-7-3-1-4-8-11)18(15,16)12-9-5-2-6-10-12/h11-12H,1-10H2. The number of hydrogen-bond acceptors (Lipinski definition) is 4. The Morgan fingerprint density at radius 3 is 1.06 bits per heavy atom. The van der Waals surface area contributed by atoms with E-state index in [4.69, 9.17) is 0 Å². The monoisotopic (exact) mass is 294 g/mol. The van der Waals surface area contributed by atoms with E-state index in [9.17, 15) is 16.8 Å². The fourth-order valence-electron chi connectivity index (χ4n) is 3.09. The second-order valence-electron chi connectivity index (χ2n) is 5.51. The first-order valence-electron chi connectivity index (χ1n) is 6.94. The van der Waals surface area contributed by atoms with Crippen molar-refractivity contribution in [2.24, 2.45) is 0 Å². The fraction of sp³-hybridized carbons (Fsp3) is 1.00. The van der Waals surface area contributed by atoms with Crippen molar-refractivity contribution in [3.8, 4) is 0 Å². The topological polar surface area (TPSA) is 68.3 Å². The van der Waals surface area contributed by atoms with Gasteiger partial charge in [0.05, 0.1) is 10.5 Å². The van der Waals surface area contributed by atoms with E-state index in [1.807, 2.05) is 0 Å². The summed E-state index contributed by atoms with van der Waals surface area (Å²) in [6, 6.07) is 0. The van der Waals surface area contributed by atoms with E-state index in [1.54, 1.807) is 0 Å². The number of hydrogen-bond donors (Lipinski definition) is 0. The molecule has 0 unspecified atom stereocenters. The van der Waals surface area contributed by atoms with Crippen LogP contribution >= 0.6 is 0 Å². The van der Waals surface area contributed by atoms with Gasteiger partial charge in [-0.05, 0) is 25.7 Å². The summed E-state index contributed by atoms with van der Waals surface area (Å²) < 4.78 is 49.3. The van der Waals surface area contributed by atoms with Crippen molar-refractivity contribution in [3.05, 3.63) is 0 Å². The lowest BCUT2D eigenvalue weighted by atomic mass is 10.0. The molecule has 0 bridgehead atoms. The molecule has 6 heteroatoms. The smallest absolute Gasteiger partial charge is 0.212 e. The van der Waals surface area contributed by atoms with Gasteiger partial charge in [0.25, 0.3) is 17.7 Å². The summed E-state index contributed by atoms with van der Waals surface area (Å²) in [5.41, 5.74) is 0. The van der Waals surface area contributed by atoms with Gasteiger partial charge in [-0.1, -0.05) is 38.5 Å². The maximum absolute atomic E-state index is 12.3. The van der Waals surface area contributed by atoms with Gasteiger partial charge in [0, 0.05) is 0 Å². The van der Waals surface area contributed by atoms with Crippen LogP contribution in [0.5, 0.6) is 0 Å². The summed E-state index contributed by atoms with van der Waals surface area (Å²) in [6.07, 6.45) is 7.48. The van der Waals surface area contributed by atoms with Gasteiger partial charge >= 0.3 is 0 Å². The molecule has 4 nitrogen and oxygen atoms in total. The average Bonchev–Trinajstić information content (AvgIpc) is 2.40. The van der Waals surface area contributed by atoms with Crippen LogP contribution in [0.25, 0.3) is 0 Å². The molecule has 2 rings (SSSR count). The van der Waals surface area contributed by atoms with Gasteiger partial charge in [-0.3, -0.25) is 0 Å². The van der Waals surface area contributed by atoms with Crippen molar-refractivity contribution < 1.29 is 16.8 Å². The average molecular weight is 294 g/mol. The zero-order chi connectivity index (χ0) is 13.2. The van der Waals surface area contributed by atoms with E-state index in [0.717, 1.165) is 38.5 Å². The molecule has 0 aromatic rings. The molecule has 2 aliphatic carbocycles. The van der Waals surface area contributed by atoms with Crippen molar-refractivity contribution in [1.29, 1.82) is 0 Å². The third-order valence-electron chi connectivity index (χ3n) is 4.24. The molecular formula is C12H22O4S2. The third-order valence-corrected chi connectivity index (χ3v) is 11.0. The highest BCUT2D eigenvalue weighted by Crippen LogP contribution is 2.33. The molecule has 0 aromatic heterocycles. The molecule has 18 heavy (non-hydrogen) atoms. The van der Waals surface area contributed by atoms with Gasteiger partial charge in [0.15, 0.2) is 0 Å². The summed E-state index contributed by atoms with van der Waals surface area (Å²) in [6.45, 7) is 0. The first-order valence-corrected chi connectivity index (χ1v) is 10.5. The van der Waals surface area contributed by atoms with E-state index in [2.05, 4.69) is 0 Å². The van der Waals surface area contributed by atoms with Gasteiger partial charge in [0.2, 0.25) is 0 Å². The highest BCUT2D eigenvalue weighted by Gasteiger charge is 2.43. The second-order valence-corrected chi connectivity index (χ2v) is 11.6. The minimum atomic E-state index is -3.99. The zero-order valence-corrected chi connectivity index (χ0v) is 12.3. The highest BCUT2D eigenvalue weighted by atomic mass is 33.2. The summed E-state index contributed by atoms with van der Waals surface area (Å²) in [5, 5.41) is -1.28. The van der Waals surface area contributed by atoms with Crippen molar-refractivity contribution >= 4 is 17.7 Å². The minimum Gasteiger partial charge on any atom is -0.212 e. The molecule has 0 aromatic carbocycles. The SMILES string of the molecule is O=S(=O)(C1CCCCC1)S(=O)(=O)C1CCCCC1. The predicted octanol–water partition coefficient (Wildman–Crippen LogP) is 2.40. The molecule has 0 amide bonds. The van der Waals surface area contributed by atoms with Crippen LogP contribution in [-0.2, 0) is 17.7 Å². The molecule has 0 radical (unpaired) electrons. The van der Waals surface area contributed by atoms with E-state index >= 15 is 0 Å². The zero-order valence-electron chi connectivity index (χ0n) is 10.7. The maximum Gasteiger partial charge on any atom is 0.256 e. The van der Waals surface area contributed by atoms with Crippen LogP contribution < -0.4 is 0 Å². The molecule has 106 valence electrons. The summed E-state index contributed by atoms with van der Waals surface area (Å²) in [7, 11) is -7.98. The highest BCUT2D eigenvalue weighted by molar-refractivity contribution is 8.67. The Labute approximate surface area is 109 Å². The van der Waals surface area contributed by atoms with E-state index < -0.39 is 28.2 Å². The minimum absolute atomic E-state index is 0.522. The molecule has 2 fully saturated rings. The van der Waals surface area contributed by atoms with Crippen LogP contribution in [0.1, 0.15) is 64.2 Å². The van der Waals surface area contributed by atoms with Gasteiger partial charge in [0.1, 0.15) is 0 Å². The maximum atomic E-state index is 12.3. The Morgan fingerprint density at radius 1 is 0.500 bits per heavy atom. The Balaban J connectivity index is 2.21. The quantitative estimate of drug-likeness (QED) is 0.750. The van der Waals surface area contributed by atoms with Crippen LogP contribution in [-0.4, -0.2) is 27.3 Å². The van der Waals surface area contributed by atoms with Crippen molar-refractivity contribution in [2.75, 3.05) is 0 Å². The van der Waals surface area contributed by atoms with Gasteiger partial charge in [-0.2, -0.15) is 0 Å². The predicted molar refractivity (Wildman–Crippen MR) is 71.6 cm³/mol.